The van der Waals surface area contributed by atoms with Gasteiger partial charge in [-0.2, -0.15) is 0 Å². The van der Waals surface area contributed by atoms with Gasteiger partial charge in [0.2, 0.25) is 0 Å². The Bertz CT molecular complexity index is 612. The van der Waals surface area contributed by atoms with Crippen molar-refractivity contribution in [2.45, 2.75) is 26.3 Å². The standard InChI is InChI=1S/C19H30BrN3O3.HI/c1-5-21-19(23(2)8-9-26-13-14-6-7-14)22-12-15-10-17(24-3)18(25-4)11-16(15)20;/h10-11,14H,5-9,12-13H2,1-4H3,(H,21,22);1H. The first-order chi connectivity index (χ1) is 12.6. The van der Waals surface area contributed by atoms with Crippen molar-refractivity contribution in [2.24, 2.45) is 10.9 Å². The predicted molar refractivity (Wildman–Crippen MR) is 124 cm³/mol. The first-order valence-corrected chi connectivity index (χ1v) is 9.85. The predicted octanol–water partition coefficient (Wildman–Crippen LogP) is 3.91. The maximum atomic E-state index is 5.73. The van der Waals surface area contributed by atoms with Crippen molar-refractivity contribution in [3.05, 3.63) is 22.2 Å². The Morgan fingerprint density at radius 1 is 1.26 bits per heavy atom. The molecule has 1 aromatic carbocycles. The van der Waals surface area contributed by atoms with Crippen molar-refractivity contribution in [3.8, 4) is 11.5 Å². The Kier molecular flexibility index (Phi) is 11.4. The van der Waals surface area contributed by atoms with E-state index in [1.807, 2.05) is 19.2 Å². The number of nitrogens with one attached hydrogen (secondary N) is 1. The number of methoxy groups -OCH3 is 2. The van der Waals surface area contributed by atoms with Gasteiger partial charge in [0.15, 0.2) is 17.5 Å². The zero-order chi connectivity index (χ0) is 18.9. The maximum absolute atomic E-state index is 5.73. The summed E-state index contributed by atoms with van der Waals surface area (Å²) in [6.45, 7) is 5.85. The molecule has 0 bridgehead atoms. The van der Waals surface area contributed by atoms with Crippen molar-refractivity contribution >= 4 is 45.9 Å². The molecule has 0 unspecified atom stereocenters. The molecule has 0 atom stereocenters. The van der Waals surface area contributed by atoms with Crippen LogP contribution >= 0.6 is 39.9 Å². The average Bonchev–Trinajstić information content (AvgIpc) is 3.46. The lowest BCUT2D eigenvalue weighted by molar-refractivity contribution is 0.115. The summed E-state index contributed by atoms with van der Waals surface area (Å²) in [5, 5.41) is 3.33. The quantitative estimate of drug-likeness (QED) is 0.205. The Hall–Kier alpha value is -0.740. The van der Waals surface area contributed by atoms with Crippen molar-refractivity contribution < 1.29 is 14.2 Å². The molecule has 0 aromatic heterocycles. The first kappa shape index (κ1) is 24.3. The minimum absolute atomic E-state index is 0. The Morgan fingerprint density at radius 3 is 2.52 bits per heavy atom. The van der Waals surface area contributed by atoms with Crippen LogP contribution in [-0.4, -0.2) is 58.4 Å². The summed E-state index contributed by atoms with van der Waals surface area (Å²) in [7, 11) is 5.30. The molecule has 0 saturated heterocycles. The van der Waals surface area contributed by atoms with Crippen LogP contribution in [0.4, 0.5) is 0 Å². The highest BCUT2D eigenvalue weighted by molar-refractivity contribution is 14.0. The molecular weight excluding hydrogens is 525 g/mol. The van der Waals surface area contributed by atoms with Crippen molar-refractivity contribution in [3.63, 3.8) is 0 Å². The van der Waals surface area contributed by atoms with Crippen molar-refractivity contribution in [1.82, 2.24) is 10.2 Å². The van der Waals surface area contributed by atoms with Crippen LogP contribution in [0.5, 0.6) is 11.5 Å². The second-order valence-electron chi connectivity index (χ2n) is 6.41. The van der Waals surface area contributed by atoms with Crippen LogP contribution in [0, 0.1) is 5.92 Å². The number of rotatable bonds is 10. The molecule has 27 heavy (non-hydrogen) atoms. The fourth-order valence-corrected chi connectivity index (χ4v) is 2.94. The van der Waals surface area contributed by atoms with Gasteiger partial charge in [-0.3, -0.25) is 0 Å². The van der Waals surface area contributed by atoms with E-state index in [0.717, 1.165) is 48.2 Å². The van der Waals surface area contributed by atoms with Crippen LogP contribution in [0.25, 0.3) is 0 Å². The number of benzene rings is 1. The number of nitrogens with zero attached hydrogens (tertiary/aromatic N) is 2. The lowest BCUT2D eigenvalue weighted by Crippen LogP contribution is -2.40. The van der Waals surface area contributed by atoms with Gasteiger partial charge in [0.05, 0.1) is 27.4 Å². The summed E-state index contributed by atoms with van der Waals surface area (Å²) < 4.78 is 17.4. The van der Waals surface area contributed by atoms with Gasteiger partial charge in [-0.05, 0) is 43.4 Å². The summed E-state index contributed by atoms with van der Waals surface area (Å²) in [6, 6.07) is 3.86. The number of ether oxygens (including phenoxy) is 3. The Balaban J connectivity index is 0.00000364. The number of hydrogen-bond donors (Lipinski definition) is 1. The van der Waals surface area contributed by atoms with Gasteiger partial charge in [0.1, 0.15) is 0 Å². The lowest BCUT2D eigenvalue weighted by atomic mass is 10.2. The Labute approximate surface area is 188 Å². The van der Waals surface area contributed by atoms with E-state index in [0.29, 0.717) is 18.0 Å². The number of halogens is 2. The molecule has 154 valence electrons. The highest BCUT2D eigenvalue weighted by Crippen LogP contribution is 2.33. The van der Waals surface area contributed by atoms with Crippen LogP contribution in [0.1, 0.15) is 25.3 Å². The van der Waals surface area contributed by atoms with E-state index in [2.05, 4.69) is 33.1 Å². The highest BCUT2D eigenvalue weighted by Gasteiger charge is 2.21. The largest absolute Gasteiger partial charge is 0.493 e. The molecule has 0 radical (unpaired) electrons. The summed E-state index contributed by atoms with van der Waals surface area (Å²) in [4.78, 5) is 6.85. The van der Waals surface area contributed by atoms with Crippen LogP contribution < -0.4 is 14.8 Å². The minimum atomic E-state index is 0. The molecule has 1 aliphatic rings. The molecule has 0 aliphatic heterocycles. The van der Waals surface area contributed by atoms with E-state index in [-0.39, 0.29) is 24.0 Å². The van der Waals surface area contributed by atoms with Gasteiger partial charge in [-0.1, -0.05) is 15.9 Å². The summed E-state index contributed by atoms with van der Waals surface area (Å²) in [5.74, 6) is 3.06. The molecule has 1 saturated carbocycles. The molecule has 6 nitrogen and oxygen atoms in total. The fraction of sp³-hybridized carbons (Fsp3) is 0.632. The minimum Gasteiger partial charge on any atom is -0.493 e. The molecule has 0 amide bonds. The van der Waals surface area contributed by atoms with Crippen LogP contribution in [0.15, 0.2) is 21.6 Å². The van der Waals surface area contributed by atoms with Gasteiger partial charge < -0.3 is 24.4 Å². The number of aliphatic imine (C=N–C) groups is 1. The normalized spacial score (nSPS) is 13.7. The number of hydrogen-bond acceptors (Lipinski definition) is 4. The molecule has 1 aromatic rings. The second-order valence-corrected chi connectivity index (χ2v) is 7.26. The topological polar surface area (TPSA) is 55.3 Å². The third kappa shape index (κ3) is 8.03. The average molecular weight is 556 g/mol. The SMILES string of the molecule is CCNC(=NCc1cc(OC)c(OC)cc1Br)N(C)CCOCC1CC1.I. The van der Waals surface area contributed by atoms with Gasteiger partial charge in [0, 0.05) is 31.2 Å². The van der Waals surface area contributed by atoms with Crippen LogP contribution in [-0.2, 0) is 11.3 Å². The summed E-state index contributed by atoms with van der Waals surface area (Å²) in [5.41, 5.74) is 1.04. The fourth-order valence-electron chi connectivity index (χ4n) is 2.49. The zero-order valence-corrected chi connectivity index (χ0v) is 20.5. The molecule has 8 heteroatoms. The summed E-state index contributed by atoms with van der Waals surface area (Å²) in [6.07, 6.45) is 2.64. The van der Waals surface area contributed by atoms with E-state index < -0.39 is 0 Å². The van der Waals surface area contributed by atoms with E-state index >= 15 is 0 Å². The van der Waals surface area contributed by atoms with Gasteiger partial charge in [-0.15, -0.1) is 24.0 Å². The Morgan fingerprint density at radius 2 is 1.93 bits per heavy atom. The summed E-state index contributed by atoms with van der Waals surface area (Å²) >= 11 is 3.59. The van der Waals surface area contributed by atoms with Crippen molar-refractivity contribution in [1.29, 1.82) is 0 Å². The monoisotopic (exact) mass is 555 g/mol. The van der Waals surface area contributed by atoms with Gasteiger partial charge >= 0.3 is 0 Å². The first-order valence-electron chi connectivity index (χ1n) is 9.06. The third-order valence-corrected chi connectivity index (χ3v) is 5.01. The molecule has 2 rings (SSSR count). The second kappa shape index (κ2) is 12.7. The van der Waals surface area contributed by atoms with E-state index in [9.17, 15) is 0 Å². The zero-order valence-electron chi connectivity index (χ0n) is 16.6. The van der Waals surface area contributed by atoms with Gasteiger partial charge in [0.25, 0.3) is 0 Å². The van der Waals surface area contributed by atoms with Crippen molar-refractivity contribution in [2.75, 3.05) is 47.6 Å². The smallest absolute Gasteiger partial charge is 0.194 e. The number of guanidine groups is 1. The third-order valence-electron chi connectivity index (χ3n) is 4.27. The van der Waals surface area contributed by atoms with Crippen LogP contribution in [0.3, 0.4) is 0 Å². The maximum Gasteiger partial charge on any atom is 0.194 e. The lowest BCUT2D eigenvalue weighted by Gasteiger charge is -2.22. The molecule has 1 N–H and O–H groups in total. The molecule has 0 spiro atoms. The van der Waals surface area contributed by atoms with E-state index in [1.54, 1.807) is 14.2 Å². The van der Waals surface area contributed by atoms with E-state index in [1.165, 1.54) is 12.8 Å². The molecule has 0 heterocycles. The molecular formula is C19H31BrIN3O3. The van der Waals surface area contributed by atoms with E-state index in [4.69, 9.17) is 19.2 Å². The molecule has 1 aliphatic carbocycles. The highest BCUT2D eigenvalue weighted by atomic mass is 127. The number of likely N-dealkylation sites (N-methyl/N-ethyl adjacent to an activating group) is 1. The van der Waals surface area contributed by atoms with Crippen LogP contribution in [0.2, 0.25) is 0 Å². The van der Waals surface area contributed by atoms with Gasteiger partial charge in [-0.25, -0.2) is 4.99 Å². The molecule has 1 fully saturated rings.